The van der Waals surface area contributed by atoms with Gasteiger partial charge in [-0.25, -0.2) is 9.37 Å². The predicted molar refractivity (Wildman–Crippen MR) is 65.2 cm³/mol. The Labute approximate surface area is 107 Å². The first-order valence-electron chi connectivity index (χ1n) is 5.05. The second kappa shape index (κ2) is 5.05. The molecule has 0 unspecified atom stereocenters. The highest BCUT2D eigenvalue weighted by atomic mass is 35.5. The van der Waals surface area contributed by atoms with E-state index in [2.05, 4.69) is 10.1 Å². The minimum atomic E-state index is -0.415. The molecule has 5 nitrogen and oxygen atoms in total. The number of oxime groups is 1. The highest BCUT2D eigenvalue weighted by Crippen LogP contribution is 2.16. The van der Waals surface area contributed by atoms with Gasteiger partial charge in [-0.2, -0.15) is 0 Å². The van der Waals surface area contributed by atoms with Crippen LogP contribution < -0.4 is 5.73 Å². The highest BCUT2D eigenvalue weighted by Gasteiger charge is 2.10. The van der Waals surface area contributed by atoms with Gasteiger partial charge in [0.05, 0.1) is 6.54 Å². The van der Waals surface area contributed by atoms with Crippen molar-refractivity contribution in [2.24, 2.45) is 10.9 Å². The maximum Gasteiger partial charge on any atom is 0.206 e. The average Bonchev–Trinajstić information content (AvgIpc) is 2.80. The molecule has 7 heteroatoms. The van der Waals surface area contributed by atoms with Gasteiger partial charge in [0.15, 0.2) is 5.82 Å². The first-order valence-corrected chi connectivity index (χ1v) is 5.42. The molecule has 0 saturated carbocycles. The van der Waals surface area contributed by atoms with Crippen LogP contribution >= 0.6 is 11.6 Å². The third-order valence-electron chi connectivity index (χ3n) is 2.41. The van der Waals surface area contributed by atoms with Crippen LogP contribution in [-0.4, -0.2) is 20.6 Å². The average molecular weight is 269 g/mol. The number of hydrogen-bond acceptors (Lipinski definition) is 3. The summed E-state index contributed by atoms with van der Waals surface area (Å²) in [6.45, 7) is 0.217. The Kier molecular flexibility index (Phi) is 3.47. The van der Waals surface area contributed by atoms with E-state index in [0.29, 0.717) is 10.6 Å². The van der Waals surface area contributed by atoms with Crippen molar-refractivity contribution in [3.05, 3.63) is 52.8 Å². The van der Waals surface area contributed by atoms with Crippen molar-refractivity contribution in [1.82, 2.24) is 9.55 Å². The standard InChI is InChI=1S/C11H10ClFN4O/c12-8-2-1-7(9(13)5-8)6-17-4-3-15-11(17)10(14)16-18/h1-5,18H,6H2,(H2,14,16). The second-order valence-corrected chi connectivity index (χ2v) is 4.04. The molecule has 2 rings (SSSR count). The third kappa shape index (κ3) is 2.43. The molecule has 0 amide bonds. The Morgan fingerprint density at radius 2 is 2.33 bits per heavy atom. The van der Waals surface area contributed by atoms with Crippen molar-refractivity contribution in [2.75, 3.05) is 0 Å². The van der Waals surface area contributed by atoms with Crippen molar-refractivity contribution < 1.29 is 9.60 Å². The van der Waals surface area contributed by atoms with E-state index in [1.165, 1.54) is 12.3 Å². The summed E-state index contributed by atoms with van der Waals surface area (Å²) in [6.07, 6.45) is 3.10. The highest BCUT2D eigenvalue weighted by molar-refractivity contribution is 6.30. The van der Waals surface area contributed by atoms with Gasteiger partial charge in [-0.1, -0.05) is 22.8 Å². The van der Waals surface area contributed by atoms with Gasteiger partial charge in [0.2, 0.25) is 5.84 Å². The molecule has 2 aromatic rings. The van der Waals surface area contributed by atoms with E-state index in [1.54, 1.807) is 22.9 Å². The number of rotatable bonds is 3. The van der Waals surface area contributed by atoms with Crippen molar-refractivity contribution in [1.29, 1.82) is 0 Å². The molecule has 0 saturated heterocycles. The smallest absolute Gasteiger partial charge is 0.206 e. The molecule has 1 heterocycles. The second-order valence-electron chi connectivity index (χ2n) is 3.60. The Morgan fingerprint density at radius 1 is 1.56 bits per heavy atom. The van der Waals surface area contributed by atoms with Gasteiger partial charge in [0, 0.05) is 23.0 Å². The van der Waals surface area contributed by atoms with Gasteiger partial charge in [0.1, 0.15) is 5.82 Å². The number of nitrogens with zero attached hydrogens (tertiary/aromatic N) is 3. The van der Waals surface area contributed by atoms with E-state index >= 15 is 0 Å². The molecule has 94 valence electrons. The fraction of sp³-hybridized carbons (Fsp3) is 0.0909. The Balaban J connectivity index is 2.32. The van der Waals surface area contributed by atoms with Crippen LogP contribution in [0.1, 0.15) is 11.4 Å². The molecule has 1 aromatic carbocycles. The van der Waals surface area contributed by atoms with Crippen LogP contribution in [0.5, 0.6) is 0 Å². The largest absolute Gasteiger partial charge is 0.409 e. The summed E-state index contributed by atoms with van der Waals surface area (Å²) in [5.74, 6) is -0.275. The molecule has 0 fully saturated rings. The molecule has 18 heavy (non-hydrogen) atoms. The lowest BCUT2D eigenvalue weighted by Gasteiger charge is -2.08. The zero-order valence-electron chi connectivity index (χ0n) is 9.22. The SMILES string of the molecule is N/C(=N/O)c1nccn1Cc1ccc(Cl)cc1F. The Hall–Kier alpha value is -2.08. The van der Waals surface area contributed by atoms with Crippen LogP contribution in [0.3, 0.4) is 0 Å². The summed E-state index contributed by atoms with van der Waals surface area (Å²) in [5, 5.41) is 11.8. The number of hydrogen-bond donors (Lipinski definition) is 2. The number of benzene rings is 1. The van der Waals surface area contributed by atoms with Crippen LogP contribution in [0.15, 0.2) is 35.7 Å². The molecule has 0 radical (unpaired) electrons. The molecule has 0 aliphatic heterocycles. The van der Waals surface area contributed by atoms with Gasteiger partial charge < -0.3 is 15.5 Å². The van der Waals surface area contributed by atoms with E-state index in [4.69, 9.17) is 22.5 Å². The van der Waals surface area contributed by atoms with Crippen LogP contribution in [-0.2, 0) is 6.54 Å². The minimum absolute atomic E-state index is 0.130. The maximum absolute atomic E-state index is 13.6. The molecule has 0 aliphatic carbocycles. The first-order chi connectivity index (χ1) is 8.61. The third-order valence-corrected chi connectivity index (χ3v) is 2.64. The lowest BCUT2D eigenvalue weighted by atomic mass is 10.2. The zero-order valence-corrected chi connectivity index (χ0v) is 9.97. The van der Waals surface area contributed by atoms with E-state index < -0.39 is 5.82 Å². The number of imidazole rings is 1. The van der Waals surface area contributed by atoms with E-state index in [1.807, 2.05) is 0 Å². The van der Waals surface area contributed by atoms with Crippen molar-refractivity contribution >= 4 is 17.4 Å². The van der Waals surface area contributed by atoms with Crippen molar-refractivity contribution in [3.8, 4) is 0 Å². The van der Waals surface area contributed by atoms with Crippen LogP contribution in [0, 0.1) is 5.82 Å². The van der Waals surface area contributed by atoms with Crippen molar-refractivity contribution in [3.63, 3.8) is 0 Å². The topological polar surface area (TPSA) is 76.4 Å². The number of halogens is 2. The molecule has 3 N–H and O–H groups in total. The van der Waals surface area contributed by atoms with Crippen LogP contribution in [0.25, 0.3) is 0 Å². The summed E-state index contributed by atoms with van der Waals surface area (Å²) >= 11 is 5.67. The van der Waals surface area contributed by atoms with Crippen LogP contribution in [0.2, 0.25) is 5.02 Å². The lowest BCUT2D eigenvalue weighted by molar-refractivity contribution is 0.318. The zero-order chi connectivity index (χ0) is 13.1. The van der Waals surface area contributed by atoms with Crippen LogP contribution in [0.4, 0.5) is 4.39 Å². The minimum Gasteiger partial charge on any atom is -0.409 e. The molecule has 0 spiro atoms. The first kappa shape index (κ1) is 12.4. The van der Waals surface area contributed by atoms with Gasteiger partial charge in [-0.3, -0.25) is 0 Å². The van der Waals surface area contributed by atoms with Gasteiger partial charge in [0.25, 0.3) is 0 Å². The molecule has 0 aliphatic rings. The monoisotopic (exact) mass is 268 g/mol. The van der Waals surface area contributed by atoms with E-state index in [9.17, 15) is 4.39 Å². The Morgan fingerprint density at radius 3 is 3.00 bits per heavy atom. The Bertz CT molecular complexity index is 596. The number of nitrogens with two attached hydrogens (primary N) is 1. The molecule has 0 bridgehead atoms. The molecule has 1 aromatic heterocycles. The number of amidine groups is 1. The van der Waals surface area contributed by atoms with Gasteiger partial charge in [-0.15, -0.1) is 0 Å². The van der Waals surface area contributed by atoms with Gasteiger partial charge >= 0.3 is 0 Å². The quantitative estimate of drug-likeness (QED) is 0.386. The molecular formula is C11H10ClFN4O. The normalized spacial score (nSPS) is 11.8. The fourth-order valence-electron chi connectivity index (χ4n) is 1.55. The summed E-state index contributed by atoms with van der Waals surface area (Å²) in [7, 11) is 0. The molecular weight excluding hydrogens is 259 g/mol. The van der Waals surface area contributed by atoms with Crippen molar-refractivity contribution in [2.45, 2.75) is 6.54 Å². The number of aromatic nitrogens is 2. The summed E-state index contributed by atoms with van der Waals surface area (Å²) in [6, 6.07) is 4.41. The lowest BCUT2D eigenvalue weighted by Crippen LogP contribution is -2.20. The van der Waals surface area contributed by atoms with E-state index in [0.717, 1.165) is 0 Å². The molecule has 0 atom stereocenters. The van der Waals surface area contributed by atoms with E-state index in [-0.39, 0.29) is 18.2 Å². The summed E-state index contributed by atoms with van der Waals surface area (Å²) in [4.78, 5) is 3.93. The predicted octanol–water partition coefficient (Wildman–Crippen LogP) is 1.82. The maximum atomic E-state index is 13.6. The summed E-state index contributed by atoms with van der Waals surface area (Å²) in [5.41, 5.74) is 5.89. The summed E-state index contributed by atoms with van der Waals surface area (Å²) < 4.78 is 15.2. The van der Waals surface area contributed by atoms with Gasteiger partial charge in [-0.05, 0) is 12.1 Å². The fourth-order valence-corrected chi connectivity index (χ4v) is 1.71.